The third-order valence-electron chi connectivity index (χ3n) is 3.92. The Morgan fingerprint density at radius 3 is 2.10 bits per heavy atom. The summed E-state index contributed by atoms with van der Waals surface area (Å²) in [4.78, 5) is 7.45. The molecule has 0 fully saturated rings. The molecule has 2 aliphatic carbocycles. The number of allylic oxidation sites excluding steroid dienone is 2. The van der Waals surface area contributed by atoms with Crippen LogP contribution in [0.1, 0.15) is 29.4 Å². The maximum absolute atomic E-state index is 10.4. The molecule has 1 heterocycles. The second-order valence-electron chi connectivity index (χ2n) is 5.77. The van der Waals surface area contributed by atoms with Crippen molar-refractivity contribution < 1.29 is 19.6 Å². The monoisotopic (exact) mass is 278 g/mol. The topological polar surface area (TPSA) is 60.9 Å². The molecular formula is C14H20N3O3+. The van der Waals surface area contributed by atoms with E-state index in [1.54, 1.807) is 9.48 Å². The third kappa shape index (κ3) is 1.60. The van der Waals surface area contributed by atoms with Gasteiger partial charge in [0.25, 0.3) is 0 Å². The van der Waals surface area contributed by atoms with Gasteiger partial charge in [0.1, 0.15) is 0 Å². The molecule has 2 N–H and O–H groups in total. The average molecular weight is 278 g/mol. The van der Waals surface area contributed by atoms with Gasteiger partial charge < -0.3 is 10.2 Å². The van der Waals surface area contributed by atoms with E-state index < -0.39 is 0 Å². The van der Waals surface area contributed by atoms with Crippen LogP contribution in [0, 0.1) is 0 Å². The number of hydrogen-bond donors (Lipinski definition) is 2. The van der Waals surface area contributed by atoms with Crippen LogP contribution in [0.15, 0.2) is 12.2 Å². The van der Waals surface area contributed by atoms with Crippen LogP contribution in [0.3, 0.4) is 0 Å². The lowest BCUT2D eigenvalue weighted by molar-refractivity contribution is -0.480. The Bertz CT molecular complexity index is 589. The minimum absolute atomic E-state index is 0.00412. The minimum Gasteiger partial charge on any atom is -0.492 e. The van der Waals surface area contributed by atoms with E-state index in [1.807, 2.05) is 28.2 Å². The van der Waals surface area contributed by atoms with Crippen molar-refractivity contribution in [1.29, 1.82) is 0 Å². The molecule has 0 saturated carbocycles. The predicted molar refractivity (Wildman–Crippen MR) is 74.4 cm³/mol. The van der Waals surface area contributed by atoms with Gasteiger partial charge in [0.15, 0.2) is 0 Å². The summed E-state index contributed by atoms with van der Waals surface area (Å²) in [5.74, 6) is 0.368. The summed E-state index contributed by atoms with van der Waals surface area (Å²) in [6.07, 6.45) is 5.10. The van der Waals surface area contributed by atoms with E-state index in [9.17, 15) is 10.2 Å². The van der Waals surface area contributed by atoms with Gasteiger partial charge in [-0.3, -0.25) is 4.84 Å². The van der Waals surface area contributed by atoms with Gasteiger partial charge in [-0.2, -0.15) is 0 Å². The molecular weight excluding hydrogens is 258 g/mol. The zero-order valence-corrected chi connectivity index (χ0v) is 12.2. The van der Waals surface area contributed by atoms with Crippen molar-refractivity contribution in [2.45, 2.75) is 18.3 Å². The molecule has 6 nitrogen and oxygen atoms in total. The summed E-state index contributed by atoms with van der Waals surface area (Å²) in [6.45, 7) is 0. The summed E-state index contributed by atoms with van der Waals surface area (Å²) < 4.78 is 2.89. The predicted octanol–water partition coefficient (Wildman–Crippen LogP) is 0.658. The van der Waals surface area contributed by atoms with E-state index in [-0.39, 0.29) is 23.6 Å². The van der Waals surface area contributed by atoms with E-state index >= 15 is 0 Å². The first-order chi connectivity index (χ1) is 9.41. The van der Waals surface area contributed by atoms with Crippen LogP contribution in [0.4, 0.5) is 0 Å². The van der Waals surface area contributed by atoms with Gasteiger partial charge in [0, 0.05) is 23.0 Å². The molecule has 0 saturated heterocycles. The summed E-state index contributed by atoms with van der Waals surface area (Å²) in [7, 11) is 7.36. The Labute approximate surface area is 117 Å². The molecule has 0 aromatic carbocycles. The van der Waals surface area contributed by atoms with Gasteiger partial charge in [-0.25, -0.2) is 9.48 Å². The number of rotatable bonds is 1. The first-order valence-corrected chi connectivity index (χ1v) is 6.66. The largest absolute Gasteiger partial charge is 0.492 e. The molecule has 6 heteroatoms. The first kappa shape index (κ1) is 12.9. The molecule has 2 aliphatic rings. The molecule has 2 unspecified atom stereocenters. The zero-order chi connectivity index (χ0) is 14.6. The van der Waals surface area contributed by atoms with E-state index in [0.717, 1.165) is 22.3 Å². The molecule has 2 atom stereocenters. The van der Waals surface area contributed by atoms with Gasteiger partial charge in [0.05, 0.1) is 28.2 Å². The van der Waals surface area contributed by atoms with E-state index in [0.29, 0.717) is 6.02 Å². The van der Waals surface area contributed by atoms with Crippen molar-refractivity contribution in [1.82, 2.24) is 9.63 Å². The molecule has 0 aliphatic heterocycles. The Morgan fingerprint density at radius 1 is 1.20 bits per heavy atom. The molecule has 1 aromatic heterocycles. The molecule has 108 valence electrons. The second kappa shape index (κ2) is 4.19. The van der Waals surface area contributed by atoms with Crippen LogP contribution in [-0.2, 0) is 0 Å². The third-order valence-corrected chi connectivity index (χ3v) is 3.92. The van der Waals surface area contributed by atoms with Crippen LogP contribution in [0.25, 0.3) is 0 Å². The summed E-state index contributed by atoms with van der Waals surface area (Å²) >= 11 is 0. The normalized spacial score (nSPS) is 22.0. The standard InChI is InChI=1S/C14H19N3O3/c1-15(2)14(16(3)4)20-17-12(18)10-8-5-6-9(7-8)11(10)13(17)19/h5-6,8-9H,7H2,1-4H3,(H-,18,19)/p+1. The lowest BCUT2D eigenvalue weighted by atomic mass is 10.0. The molecule has 1 aromatic rings. The number of aromatic nitrogens is 1. The number of aromatic hydroxyl groups is 2. The van der Waals surface area contributed by atoms with Crippen LogP contribution in [-0.4, -0.2) is 58.6 Å². The number of nitrogens with zero attached hydrogens (tertiary/aromatic N) is 3. The highest BCUT2D eigenvalue weighted by Crippen LogP contribution is 2.56. The van der Waals surface area contributed by atoms with Crippen LogP contribution >= 0.6 is 0 Å². The highest BCUT2D eigenvalue weighted by Gasteiger charge is 2.42. The van der Waals surface area contributed by atoms with Crippen LogP contribution < -0.4 is 4.84 Å². The van der Waals surface area contributed by atoms with Gasteiger partial charge in [-0.1, -0.05) is 12.2 Å². The first-order valence-electron chi connectivity index (χ1n) is 6.66. The van der Waals surface area contributed by atoms with Crippen molar-refractivity contribution >= 4 is 6.02 Å². The van der Waals surface area contributed by atoms with Crippen molar-refractivity contribution in [3.8, 4) is 11.8 Å². The van der Waals surface area contributed by atoms with Gasteiger partial charge in [-0.15, -0.1) is 4.73 Å². The van der Waals surface area contributed by atoms with E-state index in [2.05, 4.69) is 12.2 Å². The second-order valence-corrected chi connectivity index (χ2v) is 5.77. The lowest BCUT2D eigenvalue weighted by Crippen LogP contribution is -2.38. The maximum atomic E-state index is 10.4. The van der Waals surface area contributed by atoms with E-state index in [1.165, 1.54) is 0 Å². The zero-order valence-electron chi connectivity index (χ0n) is 12.2. The minimum atomic E-state index is -0.00412. The van der Waals surface area contributed by atoms with Crippen LogP contribution in [0.5, 0.6) is 11.8 Å². The molecule has 20 heavy (non-hydrogen) atoms. The quantitative estimate of drug-likeness (QED) is 0.343. The van der Waals surface area contributed by atoms with Gasteiger partial charge >= 0.3 is 6.02 Å². The number of amidine groups is 1. The summed E-state index contributed by atoms with van der Waals surface area (Å²) in [5.41, 5.74) is 1.60. The van der Waals surface area contributed by atoms with Gasteiger partial charge in [-0.05, 0) is 6.42 Å². The average Bonchev–Trinajstić information content (AvgIpc) is 3.02. The fourth-order valence-electron chi connectivity index (χ4n) is 3.15. The molecule has 0 amide bonds. The summed E-state index contributed by atoms with van der Waals surface area (Å²) in [6, 6.07) is 0.518. The molecule has 0 spiro atoms. The fraction of sp³-hybridized carbons (Fsp3) is 0.500. The maximum Gasteiger partial charge on any atom is 0.470 e. The lowest BCUT2D eigenvalue weighted by Gasteiger charge is -2.13. The highest BCUT2D eigenvalue weighted by molar-refractivity contribution is 5.69. The Morgan fingerprint density at radius 2 is 1.70 bits per heavy atom. The smallest absolute Gasteiger partial charge is 0.470 e. The molecule has 2 bridgehead atoms. The van der Waals surface area contributed by atoms with Crippen molar-refractivity contribution in [3.05, 3.63) is 23.3 Å². The summed E-state index contributed by atoms with van der Waals surface area (Å²) in [5, 5.41) is 20.7. The van der Waals surface area contributed by atoms with E-state index in [4.69, 9.17) is 4.84 Å². The molecule has 3 rings (SSSR count). The number of fused-ring (bicyclic) bond motifs is 5. The fourth-order valence-corrected chi connectivity index (χ4v) is 3.15. The van der Waals surface area contributed by atoms with Crippen molar-refractivity contribution in [2.24, 2.45) is 0 Å². The Kier molecular flexibility index (Phi) is 2.70. The van der Waals surface area contributed by atoms with Crippen molar-refractivity contribution in [2.75, 3.05) is 28.2 Å². The highest BCUT2D eigenvalue weighted by atomic mass is 16.7. The van der Waals surface area contributed by atoms with Gasteiger partial charge in [0.2, 0.25) is 11.8 Å². The SMILES string of the molecule is CN(C)C(On1c(O)c2c(c1O)C1C=CC2C1)=[N+](C)C. The number of hydrogen-bond acceptors (Lipinski definition) is 3. The Hall–Kier alpha value is -2.11. The molecule has 0 radical (unpaired) electrons. The Balaban J connectivity index is 2.04. The van der Waals surface area contributed by atoms with Crippen LogP contribution in [0.2, 0.25) is 0 Å². The van der Waals surface area contributed by atoms with Crippen molar-refractivity contribution in [3.63, 3.8) is 0 Å².